The van der Waals surface area contributed by atoms with E-state index in [-0.39, 0.29) is 0 Å². The minimum absolute atomic E-state index is 0.426. The zero-order chi connectivity index (χ0) is 12.4. The van der Waals surface area contributed by atoms with Gasteiger partial charge in [-0.3, -0.25) is 4.79 Å². The molecule has 0 saturated carbocycles. The van der Waals surface area contributed by atoms with Gasteiger partial charge in [0.05, 0.1) is 7.11 Å². The molecule has 0 saturated heterocycles. The monoisotopic (exact) mass is 228 g/mol. The number of carbonyl (C=O) groups is 2. The Morgan fingerprint density at radius 1 is 1.06 bits per heavy atom. The summed E-state index contributed by atoms with van der Waals surface area (Å²) in [4.78, 5) is 23.3. The maximum Gasteiger partial charge on any atom is 0.379 e. The van der Waals surface area contributed by atoms with Crippen LogP contribution in [-0.4, -0.2) is 18.9 Å². The lowest BCUT2D eigenvalue weighted by Gasteiger charge is -2.07. The molecule has 0 aromatic heterocycles. The predicted octanol–water partition coefficient (Wildman–Crippen LogP) is 2.50. The van der Waals surface area contributed by atoms with Crippen LogP contribution in [0.15, 0.2) is 36.4 Å². The van der Waals surface area contributed by atoms with Crippen molar-refractivity contribution in [1.82, 2.24) is 0 Å². The first-order chi connectivity index (χ1) is 8.15. The Kier molecular flexibility index (Phi) is 2.91. The van der Waals surface area contributed by atoms with Gasteiger partial charge < -0.3 is 4.74 Å². The van der Waals surface area contributed by atoms with Crippen LogP contribution in [0, 0.1) is 6.92 Å². The average molecular weight is 228 g/mol. The van der Waals surface area contributed by atoms with Crippen molar-refractivity contribution >= 4 is 22.5 Å². The van der Waals surface area contributed by atoms with Crippen LogP contribution in [0.4, 0.5) is 0 Å². The molecule has 3 nitrogen and oxygen atoms in total. The van der Waals surface area contributed by atoms with Gasteiger partial charge in [0.1, 0.15) is 0 Å². The zero-order valence-corrected chi connectivity index (χ0v) is 9.69. The first-order valence-corrected chi connectivity index (χ1v) is 5.26. The van der Waals surface area contributed by atoms with Gasteiger partial charge in [0.15, 0.2) is 0 Å². The molecule has 0 fully saturated rings. The van der Waals surface area contributed by atoms with Crippen LogP contribution in [0.2, 0.25) is 0 Å². The number of rotatable bonds is 2. The molecule has 0 aliphatic rings. The van der Waals surface area contributed by atoms with Crippen LogP contribution in [0.5, 0.6) is 0 Å². The number of carbonyl (C=O) groups excluding carboxylic acids is 2. The average Bonchev–Trinajstić information content (AvgIpc) is 2.37. The van der Waals surface area contributed by atoms with E-state index in [1.165, 1.54) is 7.11 Å². The molecular weight excluding hydrogens is 216 g/mol. The molecule has 0 amide bonds. The third-order valence-corrected chi connectivity index (χ3v) is 2.74. The number of benzene rings is 2. The summed E-state index contributed by atoms with van der Waals surface area (Å²) in [6, 6.07) is 11.2. The number of hydrogen-bond acceptors (Lipinski definition) is 3. The lowest BCUT2D eigenvalue weighted by molar-refractivity contribution is -0.135. The molecule has 0 atom stereocenters. The van der Waals surface area contributed by atoms with Crippen molar-refractivity contribution in [2.24, 2.45) is 0 Å². The van der Waals surface area contributed by atoms with E-state index in [2.05, 4.69) is 4.74 Å². The fraction of sp³-hybridized carbons (Fsp3) is 0.143. The fourth-order valence-electron chi connectivity index (χ4n) is 1.88. The molecule has 17 heavy (non-hydrogen) atoms. The first kappa shape index (κ1) is 11.3. The highest BCUT2D eigenvalue weighted by Crippen LogP contribution is 2.22. The summed E-state index contributed by atoms with van der Waals surface area (Å²) in [6.07, 6.45) is 0. The molecule has 0 radical (unpaired) electrons. The molecule has 0 aliphatic heterocycles. The van der Waals surface area contributed by atoms with Crippen LogP contribution < -0.4 is 0 Å². The van der Waals surface area contributed by atoms with Crippen molar-refractivity contribution < 1.29 is 14.3 Å². The van der Waals surface area contributed by atoms with Gasteiger partial charge in [-0.05, 0) is 23.3 Å². The Hall–Kier alpha value is -2.16. The maximum atomic E-state index is 11.9. The normalized spacial score (nSPS) is 10.2. The Morgan fingerprint density at radius 3 is 2.47 bits per heavy atom. The van der Waals surface area contributed by atoms with Crippen LogP contribution in [0.3, 0.4) is 0 Å². The SMILES string of the molecule is COC(=O)C(=O)c1c(C)ccc2ccccc12. The molecule has 3 heteroatoms. The second-order valence-electron chi connectivity index (χ2n) is 3.80. The van der Waals surface area contributed by atoms with Crippen LogP contribution in [0.1, 0.15) is 15.9 Å². The standard InChI is InChI=1S/C14H12O3/c1-9-7-8-10-5-3-4-6-11(10)12(9)13(15)14(16)17-2/h3-8H,1-2H3. The van der Waals surface area contributed by atoms with E-state index in [0.717, 1.165) is 16.3 Å². The number of fused-ring (bicyclic) bond motifs is 1. The van der Waals surface area contributed by atoms with E-state index in [0.29, 0.717) is 5.56 Å². The lowest BCUT2D eigenvalue weighted by Crippen LogP contribution is -2.17. The molecule has 2 aromatic carbocycles. The summed E-state index contributed by atoms with van der Waals surface area (Å²) in [7, 11) is 1.21. The van der Waals surface area contributed by atoms with E-state index in [1.54, 1.807) is 0 Å². The molecule has 0 bridgehead atoms. The first-order valence-electron chi connectivity index (χ1n) is 5.26. The van der Waals surface area contributed by atoms with Crippen LogP contribution in [-0.2, 0) is 9.53 Å². The zero-order valence-electron chi connectivity index (χ0n) is 9.69. The number of esters is 1. The number of methoxy groups -OCH3 is 1. The molecule has 0 unspecified atom stereocenters. The lowest BCUT2D eigenvalue weighted by atomic mass is 9.97. The van der Waals surface area contributed by atoms with Crippen molar-refractivity contribution in [2.45, 2.75) is 6.92 Å². The van der Waals surface area contributed by atoms with Crippen LogP contribution >= 0.6 is 0 Å². The van der Waals surface area contributed by atoms with E-state index in [1.807, 2.05) is 43.3 Å². The quantitative estimate of drug-likeness (QED) is 0.450. The van der Waals surface area contributed by atoms with E-state index in [4.69, 9.17) is 0 Å². The maximum absolute atomic E-state index is 11.9. The van der Waals surface area contributed by atoms with Crippen molar-refractivity contribution in [1.29, 1.82) is 0 Å². The second-order valence-corrected chi connectivity index (χ2v) is 3.80. The number of aryl methyl sites for hydroxylation is 1. The predicted molar refractivity (Wildman–Crippen MR) is 65.0 cm³/mol. The van der Waals surface area contributed by atoms with E-state index in [9.17, 15) is 9.59 Å². The molecule has 0 N–H and O–H groups in total. The summed E-state index contributed by atoms with van der Waals surface area (Å²) in [6.45, 7) is 1.81. The van der Waals surface area contributed by atoms with Gasteiger partial charge in [0.25, 0.3) is 5.78 Å². The molecule has 2 aromatic rings. The minimum atomic E-state index is -0.829. The highest BCUT2D eigenvalue weighted by atomic mass is 16.5. The largest absolute Gasteiger partial charge is 0.463 e. The minimum Gasteiger partial charge on any atom is -0.463 e. The Morgan fingerprint density at radius 2 is 1.76 bits per heavy atom. The molecule has 2 rings (SSSR count). The van der Waals surface area contributed by atoms with Gasteiger partial charge in [0, 0.05) is 5.56 Å². The van der Waals surface area contributed by atoms with Gasteiger partial charge in [0.2, 0.25) is 0 Å². The summed E-state index contributed by atoms with van der Waals surface area (Å²) in [5.74, 6) is -1.42. The highest BCUT2D eigenvalue weighted by Gasteiger charge is 2.20. The smallest absolute Gasteiger partial charge is 0.379 e. The number of ether oxygens (including phenoxy) is 1. The van der Waals surface area contributed by atoms with Crippen molar-refractivity contribution in [3.8, 4) is 0 Å². The van der Waals surface area contributed by atoms with Crippen LogP contribution in [0.25, 0.3) is 10.8 Å². The highest BCUT2D eigenvalue weighted by molar-refractivity contribution is 6.43. The van der Waals surface area contributed by atoms with Gasteiger partial charge in [-0.25, -0.2) is 4.79 Å². The summed E-state index contributed by atoms with van der Waals surface area (Å²) in [5, 5.41) is 1.72. The molecule has 86 valence electrons. The molecule has 0 aliphatic carbocycles. The number of hydrogen-bond donors (Lipinski definition) is 0. The summed E-state index contributed by atoms with van der Waals surface area (Å²) < 4.78 is 4.48. The Balaban J connectivity index is 2.71. The summed E-state index contributed by atoms with van der Waals surface area (Å²) >= 11 is 0. The van der Waals surface area contributed by atoms with Crippen molar-refractivity contribution in [3.63, 3.8) is 0 Å². The second kappa shape index (κ2) is 4.37. The van der Waals surface area contributed by atoms with E-state index >= 15 is 0 Å². The topological polar surface area (TPSA) is 43.4 Å². The summed E-state index contributed by atoms with van der Waals surface area (Å²) in [5.41, 5.74) is 1.20. The fourth-order valence-corrected chi connectivity index (χ4v) is 1.88. The molecule has 0 spiro atoms. The molecular formula is C14H12O3. The van der Waals surface area contributed by atoms with Crippen molar-refractivity contribution in [3.05, 3.63) is 47.5 Å². The Bertz CT molecular complexity index is 599. The third-order valence-electron chi connectivity index (χ3n) is 2.74. The molecule has 0 heterocycles. The number of ketones is 1. The third kappa shape index (κ3) is 1.91. The Labute approximate surface area is 99.0 Å². The van der Waals surface area contributed by atoms with Crippen molar-refractivity contribution in [2.75, 3.05) is 7.11 Å². The van der Waals surface area contributed by atoms with E-state index < -0.39 is 11.8 Å². The van der Waals surface area contributed by atoms with Gasteiger partial charge in [-0.15, -0.1) is 0 Å². The number of Topliss-reactive ketones (excluding diaryl/α,β-unsaturated/α-hetero) is 1. The van der Waals surface area contributed by atoms with Gasteiger partial charge in [-0.1, -0.05) is 36.4 Å². The van der Waals surface area contributed by atoms with Gasteiger partial charge in [-0.2, -0.15) is 0 Å². The van der Waals surface area contributed by atoms with Gasteiger partial charge >= 0.3 is 5.97 Å².